The van der Waals surface area contributed by atoms with Gasteiger partial charge in [0.2, 0.25) is 0 Å². The van der Waals surface area contributed by atoms with Gasteiger partial charge in [0.1, 0.15) is 11.5 Å². The minimum Gasteiger partial charge on any atom is -0.508 e. The van der Waals surface area contributed by atoms with Gasteiger partial charge in [0.15, 0.2) is 4.75 Å². The molecule has 3 aromatic carbocycles. The van der Waals surface area contributed by atoms with Crippen molar-refractivity contribution in [2.24, 2.45) is 0 Å². The summed E-state index contributed by atoms with van der Waals surface area (Å²) in [6, 6.07) is 11.4. The van der Waals surface area contributed by atoms with Gasteiger partial charge < -0.3 is 10.2 Å². The summed E-state index contributed by atoms with van der Waals surface area (Å²) < 4.78 is 34.0. The molecule has 0 aliphatic heterocycles. The van der Waals surface area contributed by atoms with Crippen molar-refractivity contribution in [2.45, 2.75) is 4.75 Å². The van der Waals surface area contributed by atoms with Crippen molar-refractivity contribution in [3.05, 3.63) is 91.4 Å². The van der Waals surface area contributed by atoms with Gasteiger partial charge in [0.05, 0.1) is 10.0 Å². The molecule has 0 aliphatic carbocycles. The van der Waals surface area contributed by atoms with E-state index in [-0.39, 0.29) is 42.5 Å². The number of rotatable bonds is 4. The largest absolute Gasteiger partial charge is 0.508 e. The zero-order valence-electron chi connectivity index (χ0n) is 14.3. The first-order valence-corrected chi connectivity index (χ1v) is 10.8. The Balaban J connectivity index is 2.63. The van der Waals surface area contributed by atoms with Crippen LogP contribution >= 0.6 is 46.4 Å². The third-order valence-electron chi connectivity index (χ3n) is 4.35. The summed E-state index contributed by atoms with van der Waals surface area (Å²) in [6.45, 7) is 0. The Bertz CT molecular complexity index is 1210. The molecule has 10 heteroatoms. The molecule has 3 N–H and O–H groups in total. The number of aromatic hydroxyl groups is 2. The van der Waals surface area contributed by atoms with Gasteiger partial charge in [-0.2, -0.15) is 8.42 Å². The molecule has 0 aromatic heterocycles. The highest BCUT2D eigenvalue weighted by Crippen LogP contribution is 2.51. The van der Waals surface area contributed by atoms with Crippen LogP contribution in [-0.4, -0.2) is 23.2 Å². The number of phenols is 2. The molecular weight excluding hydrogens is 482 g/mol. The van der Waals surface area contributed by atoms with Crippen molar-refractivity contribution in [1.29, 1.82) is 0 Å². The summed E-state index contributed by atoms with van der Waals surface area (Å²) in [7, 11) is -5.10. The molecule has 0 aliphatic rings. The highest BCUT2D eigenvalue weighted by molar-refractivity contribution is 7.87. The van der Waals surface area contributed by atoms with Gasteiger partial charge in [-0.05, 0) is 42.0 Å². The SMILES string of the molecule is O=S(=O)(O)C(c1cccc(Cl)c1)(c1ccc(O)cc1O)c1cc(Cl)cc(Cl)c1Cl. The predicted molar refractivity (Wildman–Crippen MR) is 114 cm³/mol. The van der Waals surface area contributed by atoms with E-state index in [0.717, 1.165) is 18.2 Å². The van der Waals surface area contributed by atoms with Crippen LogP contribution in [0.1, 0.15) is 16.7 Å². The summed E-state index contributed by atoms with van der Waals surface area (Å²) >= 11 is 24.7. The second-order valence-electron chi connectivity index (χ2n) is 6.12. The lowest BCUT2D eigenvalue weighted by Gasteiger charge is -2.34. The lowest BCUT2D eigenvalue weighted by Crippen LogP contribution is -2.38. The number of benzene rings is 3. The number of phenolic OH excluding ortho intramolecular Hbond substituents is 2. The fourth-order valence-electron chi connectivity index (χ4n) is 3.22. The maximum atomic E-state index is 13.0. The zero-order valence-corrected chi connectivity index (χ0v) is 18.1. The monoisotopic (exact) mass is 492 g/mol. The molecule has 0 heterocycles. The topological polar surface area (TPSA) is 94.8 Å². The first-order valence-electron chi connectivity index (χ1n) is 7.89. The normalized spacial score (nSPS) is 13.8. The standard InChI is InChI=1S/C19H12Cl4O5S/c20-11-3-1-2-10(6-11)19(29(26,27)28,14-5-4-13(24)9-17(14)25)15-7-12(21)8-16(22)18(15)23/h1-9,24-25H,(H,26,27,28). The average Bonchev–Trinajstić information content (AvgIpc) is 2.60. The first kappa shape index (κ1) is 22.0. The molecule has 0 spiro atoms. The van der Waals surface area contributed by atoms with Crippen LogP contribution in [0.25, 0.3) is 0 Å². The minimum absolute atomic E-state index is 0.0336. The third-order valence-corrected chi connectivity index (χ3v) is 7.06. The summed E-state index contributed by atoms with van der Waals surface area (Å²) in [5.74, 6) is -0.938. The summed E-state index contributed by atoms with van der Waals surface area (Å²) in [5.41, 5.74) is -0.531. The number of hydrogen-bond acceptors (Lipinski definition) is 4. The Morgan fingerprint density at radius 3 is 2.07 bits per heavy atom. The van der Waals surface area contributed by atoms with Crippen LogP contribution in [0.2, 0.25) is 20.1 Å². The summed E-state index contributed by atoms with van der Waals surface area (Å²) in [5, 5.41) is 20.1. The lowest BCUT2D eigenvalue weighted by atomic mass is 9.83. The van der Waals surface area contributed by atoms with Gasteiger partial charge in [-0.3, -0.25) is 4.55 Å². The van der Waals surface area contributed by atoms with Crippen molar-refractivity contribution < 1.29 is 23.2 Å². The molecule has 5 nitrogen and oxygen atoms in total. The molecular formula is C19H12Cl4O5S. The van der Waals surface area contributed by atoms with Crippen LogP contribution < -0.4 is 0 Å². The van der Waals surface area contributed by atoms with E-state index in [1.165, 1.54) is 36.4 Å². The minimum atomic E-state index is -5.10. The van der Waals surface area contributed by atoms with E-state index in [1.54, 1.807) is 0 Å². The van der Waals surface area contributed by atoms with E-state index >= 15 is 0 Å². The van der Waals surface area contributed by atoms with E-state index in [2.05, 4.69) is 0 Å². The first-order chi connectivity index (χ1) is 13.5. The van der Waals surface area contributed by atoms with Crippen LogP contribution in [0.4, 0.5) is 0 Å². The molecule has 0 saturated carbocycles. The Morgan fingerprint density at radius 1 is 0.793 bits per heavy atom. The van der Waals surface area contributed by atoms with Crippen LogP contribution in [0.5, 0.6) is 11.5 Å². The smallest absolute Gasteiger partial charge is 0.283 e. The van der Waals surface area contributed by atoms with Crippen LogP contribution in [0.3, 0.4) is 0 Å². The second kappa shape index (κ2) is 7.87. The Morgan fingerprint density at radius 2 is 1.48 bits per heavy atom. The van der Waals surface area contributed by atoms with Crippen molar-refractivity contribution in [2.75, 3.05) is 0 Å². The van der Waals surface area contributed by atoms with Crippen LogP contribution in [-0.2, 0) is 14.9 Å². The van der Waals surface area contributed by atoms with E-state index < -0.39 is 20.6 Å². The van der Waals surface area contributed by atoms with Gasteiger partial charge in [-0.15, -0.1) is 0 Å². The molecule has 0 saturated heterocycles. The van der Waals surface area contributed by atoms with Crippen LogP contribution in [0.15, 0.2) is 54.6 Å². The highest BCUT2D eigenvalue weighted by Gasteiger charge is 2.51. The second-order valence-corrected chi connectivity index (χ2v) is 9.34. The molecule has 0 amide bonds. The molecule has 3 aromatic rings. The van der Waals surface area contributed by atoms with Gasteiger partial charge >= 0.3 is 0 Å². The Kier molecular flexibility index (Phi) is 5.98. The molecule has 29 heavy (non-hydrogen) atoms. The van der Waals surface area contributed by atoms with E-state index in [0.29, 0.717) is 0 Å². The lowest BCUT2D eigenvalue weighted by molar-refractivity contribution is 0.431. The average molecular weight is 494 g/mol. The van der Waals surface area contributed by atoms with Gasteiger partial charge in [-0.25, -0.2) is 0 Å². The zero-order chi connectivity index (χ0) is 21.6. The van der Waals surface area contributed by atoms with Crippen molar-refractivity contribution in [3.63, 3.8) is 0 Å². The van der Waals surface area contributed by atoms with Gasteiger partial charge in [0, 0.05) is 27.2 Å². The molecule has 0 fully saturated rings. The van der Waals surface area contributed by atoms with Crippen molar-refractivity contribution in [1.82, 2.24) is 0 Å². The number of halogens is 4. The Labute approximate surface area is 186 Å². The highest BCUT2D eigenvalue weighted by atomic mass is 35.5. The van der Waals surface area contributed by atoms with Gasteiger partial charge in [0.25, 0.3) is 10.1 Å². The molecule has 0 bridgehead atoms. The Hall–Kier alpha value is -1.67. The van der Waals surface area contributed by atoms with Crippen molar-refractivity contribution >= 4 is 56.5 Å². The molecule has 3 rings (SSSR count). The molecule has 1 atom stereocenters. The summed E-state index contributed by atoms with van der Waals surface area (Å²) in [6.07, 6.45) is 0. The van der Waals surface area contributed by atoms with Crippen molar-refractivity contribution in [3.8, 4) is 11.5 Å². The number of hydrogen-bond donors (Lipinski definition) is 3. The van der Waals surface area contributed by atoms with E-state index in [4.69, 9.17) is 46.4 Å². The van der Waals surface area contributed by atoms with E-state index in [1.807, 2.05) is 0 Å². The molecule has 0 radical (unpaired) electrons. The molecule has 152 valence electrons. The summed E-state index contributed by atoms with van der Waals surface area (Å²) in [4.78, 5) is 0. The predicted octanol–water partition coefficient (Wildman–Crippen LogP) is 5.89. The van der Waals surface area contributed by atoms with Gasteiger partial charge in [-0.1, -0.05) is 58.5 Å². The molecule has 1 unspecified atom stereocenters. The third kappa shape index (κ3) is 3.77. The fourth-order valence-corrected chi connectivity index (χ4v) is 5.53. The fraction of sp³-hybridized carbons (Fsp3) is 0.0526. The maximum Gasteiger partial charge on any atom is 0.283 e. The van der Waals surface area contributed by atoms with Crippen LogP contribution in [0, 0.1) is 0 Å². The quantitative estimate of drug-likeness (QED) is 0.239. The van der Waals surface area contributed by atoms with E-state index in [9.17, 15) is 23.2 Å². The maximum absolute atomic E-state index is 13.0.